The lowest BCUT2D eigenvalue weighted by molar-refractivity contribution is -0.130. The molecule has 2 heterocycles. The molecule has 1 N–H and O–H groups in total. The standard InChI is InChI=1S/C18H22ClN3O4/c1-26-17(24)14-10-12(6-7-15(14)19)20-18(25)21-8-2-4-13(11-21)22-9-3-5-16(22)23/h6-7,10,13H,2-5,8-9,11H2,1H3,(H,20,25)/t13-/m1/s1. The number of likely N-dealkylation sites (tertiary alicyclic amines) is 2. The first kappa shape index (κ1) is 18.5. The van der Waals surface area contributed by atoms with E-state index in [1.54, 1.807) is 17.0 Å². The molecule has 1 aromatic carbocycles. The average Bonchev–Trinajstić information content (AvgIpc) is 3.08. The molecule has 0 saturated carbocycles. The normalized spacial score (nSPS) is 20.2. The number of carbonyl (C=O) groups is 3. The molecule has 0 aliphatic carbocycles. The molecule has 0 radical (unpaired) electrons. The van der Waals surface area contributed by atoms with E-state index in [2.05, 4.69) is 5.32 Å². The van der Waals surface area contributed by atoms with Gasteiger partial charge in [-0.25, -0.2) is 9.59 Å². The molecule has 2 fully saturated rings. The molecule has 0 bridgehead atoms. The highest BCUT2D eigenvalue weighted by Crippen LogP contribution is 2.24. The summed E-state index contributed by atoms with van der Waals surface area (Å²) in [5, 5.41) is 3.06. The minimum Gasteiger partial charge on any atom is -0.465 e. The van der Waals surface area contributed by atoms with Crippen molar-refractivity contribution in [1.82, 2.24) is 9.80 Å². The van der Waals surface area contributed by atoms with Gasteiger partial charge in [-0.1, -0.05) is 11.6 Å². The van der Waals surface area contributed by atoms with Crippen LogP contribution in [0.2, 0.25) is 5.02 Å². The topological polar surface area (TPSA) is 79.0 Å². The maximum Gasteiger partial charge on any atom is 0.339 e. The predicted molar refractivity (Wildman–Crippen MR) is 97.4 cm³/mol. The maximum atomic E-state index is 12.6. The van der Waals surface area contributed by atoms with Gasteiger partial charge in [0, 0.05) is 37.8 Å². The number of halogens is 1. The van der Waals surface area contributed by atoms with Gasteiger partial charge in [-0.15, -0.1) is 0 Å². The smallest absolute Gasteiger partial charge is 0.339 e. The zero-order valence-electron chi connectivity index (χ0n) is 14.7. The van der Waals surface area contributed by atoms with E-state index in [9.17, 15) is 14.4 Å². The Bertz CT molecular complexity index is 724. The molecule has 2 aliphatic heterocycles. The van der Waals surface area contributed by atoms with Gasteiger partial charge in [0.25, 0.3) is 0 Å². The second-order valence-electron chi connectivity index (χ2n) is 6.55. The fourth-order valence-electron chi connectivity index (χ4n) is 3.52. The Morgan fingerprint density at radius 1 is 1.27 bits per heavy atom. The third-order valence-corrected chi connectivity index (χ3v) is 5.19. The summed E-state index contributed by atoms with van der Waals surface area (Å²) in [7, 11) is 1.28. The van der Waals surface area contributed by atoms with Crippen LogP contribution in [0.15, 0.2) is 18.2 Å². The van der Waals surface area contributed by atoms with Crippen LogP contribution in [-0.2, 0) is 9.53 Å². The summed E-state index contributed by atoms with van der Waals surface area (Å²) >= 11 is 6.00. The zero-order valence-corrected chi connectivity index (χ0v) is 15.4. The van der Waals surface area contributed by atoms with E-state index in [0.29, 0.717) is 25.2 Å². The Morgan fingerprint density at radius 2 is 2.08 bits per heavy atom. The maximum absolute atomic E-state index is 12.6. The minimum atomic E-state index is -0.559. The van der Waals surface area contributed by atoms with Crippen molar-refractivity contribution in [2.75, 3.05) is 32.1 Å². The van der Waals surface area contributed by atoms with Crippen LogP contribution in [0.4, 0.5) is 10.5 Å². The molecule has 7 nitrogen and oxygen atoms in total. The summed E-state index contributed by atoms with van der Waals surface area (Å²) in [5.41, 5.74) is 0.672. The first-order valence-corrected chi connectivity index (χ1v) is 9.10. The molecular formula is C18H22ClN3O4. The summed E-state index contributed by atoms with van der Waals surface area (Å²) in [6.45, 7) is 1.94. The number of nitrogens with one attached hydrogen (secondary N) is 1. The monoisotopic (exact) mass is 379 g/mol. The van der Waals surface area contributed by atoms with Crippen molar-refractivity contribution >= 4 is 35.2 Å². The lowest BCUT2D eigenvalue weighted by Crippen LogP contribution is -2.51. The SMILES string of the molecule is COC(=O)c1cc(NC(=O)N2CCC[C@@H](N3CCCC3=O)C2)ccc1Cl. The van der Waals surface area contributed by atoms with Crippen molar-refractivity contribution < 1.29 is 19.1 Å². The number of nitrogens with zero attached hydrogens (tertiary/aromatic N) is 2. The van der Waals surface area contributed by atoms with Crippen molar-refractivity contribution in [3.05, 3.63) is 28.8 Å². The molecule has 0 spiro atoms. The number of piperidine rings is 1. The van der Waals surface area contributed by atoms with Crippen LogP contribution in [0.25, 0.3) is 0 Å². The van der Waals surface area contributed by atoms with Crippen LogP contribution in [0.1, 0.15) is 36.0 Å². The minimum absolute atomic E-state index is 0.0837. The van der Waals surface area contributed by atoms with Crippen molar-refractivity contribution in [1.29, 1.82) is 0 Å². The molecule has 140 valence electrons. The van der Waals surface area contributed by atoms with Gasteiger partial charge in [0.15, 0.2) is 0 Å². The number of esters is 1. The lowest BCUT2D eigenvalue weighted by Gasteiger charge is -2.37. The van der Waals surface area contributed by atoms with Crippen molar-refractivity contribution in [3.63, 3.8) is 0 Å². The quantitative estimate of drug-likeness (QED) is 0.819. The summed E-state index contributed by atoms with van der Waals surface area (Å²) < 4.78 is 4.69. The molecule has 26 heavy (non-hydrogen) atoms. The van der Waals surface area contributed by atoms with Gasteiger partial charge in [-0.3, -0.25) is 4.79 Å². The Balaban J connectivity index is 1.66. The fourth-order valence-corrected chi connectivity index (χ4v) is 3.72. The van der Waals surface area contributed by atoms with Crippen LogP contribution >= 0.6 is 11.6 Å². The van der Waals surface area contributed by atoms with Crippen LogP contribution in [0.5, 0.6) is 0 Å². The molecule has 2 saturated heterocycles. The van der Waals surface area contributed by atoms with Crippen LogP contribution < -0.4 is 5.32 Å². The number of benzene rings is 1. The van der Waals surface area contributed by atoms with Crippen molar-refractivity contribution in [3.8, 4) is 0 Å². The average molecular weight is 380 g/mol. The van der Waals surface area contributed by atoms with E-state index >= 15 is 0 Å². The van der Waals surface area contributed by atoms with Gasteiger partial charge >= 0.3 is 12.0 Å². The van der Waals surface area contributed by atoms with Crippen LogP contribution in [0.3, 0.4) is 0 Å². The molecule has 3 amide bonds. The molecule has 1 atom stereocenters. The van der Waals surface area contributed by atoms with Gasteiger partial charge in [0.05, 0.1) is 17.7 Å². The molecule has 0 aromatic heterocycles. The highest BCUT2D eigenvalue weighted by atomic mass is 35.5. The summed E-state index contributed by atoms with van der Waals surface area (Å²) in [6, 6.07) is 4.51. The van der Waals surface area contributed by atoms with Gasteiger partial charge in [0.1, 0.15) is 0 Å². The van der Waals surface area contributed by atoms with E-state index in [0.717, 1.165) is 25.8 Å². The predicted octanol–water partition coefficient (Wildman–Crippen LogP) is 2.75. The lowest BCUT2D eigenvalue weighted by atomic mass is 10.0. The van der Waals surface area contributed by atoms with Crippen LogP contribution in [-0.4, -0.2) is 60.5 Å². The molecule has 2 aliphatic rings. The molecular weight excluding hydrogens is 358 g/mol. The molecule has 3 rings (SSSR count). The number of carbonyl (C=O) groups excluding carboxylic acids is 3. The highest BCUT2D eigenvalue weighted by molar-refractivity contribution is 6.33. The second kappa shape index (κ2) is 7.95. The number of hydrogen-bond donors (Lipinski definition) is 1. The Kier molecular flexibility index (Phi) is 5.66. The number of amides is 3. The van der Waals surface area contributed by atoms with E-state index in [1.807, 2.05) is 4.90 Å². The Labute approximate surface area is 157 Å². The Hall–Kier alpha value is -2.28. The van der Waals surface area contributed by atoms with Gasteiger partial charge in [0.2, 0.25) is 5.91 Å². The fraction of sp³-hybridized carbons (Fsp3) is 0.500. The van der Waals surface area contributed by atoms with E-state index < -0.39 is 5.97 Å². The van der Waals surface area contributed by atoms with Gasteiger partial charge < -0.3 is 19.9 Å². The van der Waals surface area contributed by atoms with Crippen molar-refractivity contribution in [2.24, 2.45) is 0 Å². The van der Waals surface area contributed by atoms with E-state index in [4.69, 9.17) is 16.3 Å². The number of anilines is 1. The largest absolute Gasteiger partial charge is 0.465 e. The van der Waals surface area contributed by atoms with E-state index in [-0.39, 0.29) is 28.6 Å². The number of rotatable bonds is 3. The molecule has 1 aromatic rings. The summed E-state index contributed by atoms with van der Waals surface area (Å²) in [6.07, 6.45) is 3.27. The molecule has 0 unspecified atom stereocenters. The van der Waals surface area contributed by atoms with Crippen LogP contribution in [0, 0.1) is 0 Å². The van der Waals surface area contributed by atoms with Gasteiger partial charge in [-0.2, -0.15) is 0 Å². The highest BCUT2D eigenvalue weighted by Gasteiger charge is 2.32. The zero-order chi connectivity index (χ0) is 18.7. The number of methoxy groups -OCH3 is 1. The van der Waals surface area contributed by atoms with E-state index in [1.165, 1.54) is 13.2 Å². The summed E-state index contributed by atoms with van der Waals surface area (Å²) in [4.78, 5) is 39.9. The van der Waals surface area contributed by atoms with Gasteiger partial charge in [-0.05, 0) is 37.5 Å². The number of urea groups is 1. The third kappa shape index (κ3) is 3.93. The van der Waals surface area contributed by atoms with Crippen molar-refractivity contribution in [2.45, 2.75) is 31.7 Å². The molecule has 8 heteroatoms. The first-order chi connectivity index (χ1) is 12.5. The summed E-state index contributed by atoms with van der Waals surface area (Å²) in [5.74, 6) is -0.380. The number of hydrogen-bond acceptors (Lipinski definition) is 4. The third-order valence-electron chi connectivity index (χ3n) is 4.86. The second-order valence-corrected chi connectivity index (χ2v) is 6.96. The first-order valence-electron chi connectivity index (χ1n) is 8.73. The Morgan fingerprint density at radius 3 is 2.77 bits per heavy atom. The number of ether oxygens (including phenoxy) is 1.